The maximum absolute atomic E-state index is 11.9. The number of nitrogen functional groups attached to an aromatic ring is 2. The van der Waals surface area contributed by atoms with Crippen molar-refractivity contribution < 1.29 is 19.4 Å². The monoisotopic (exact) mass is 286 g/mol. The van der Waals surface area contributed by atoms with E-state index in [1.54, 1.807) is 18.2 Å². The van der Waals surface area contributed by atoms with E-state index in [9.17, 15) is 9.59 Å². The van der Waals surface area contributed by atoms with Gasteiger partial charge < -0.3 is 21.3 Å². The average molecular weight is 286 g/mol. The molecule has 0 radical (unpaired) electrons. The molecule has 0 atom stereocenters. The van der Waals surface area contributed by atoms with Gasteiger partial charge in [-0.1, -0.05) is 12.1 Å². The molecule has 0 amide bonds. The van der Waals surface area contributed by atoms with Crippen LogP contribution in [0.5, 0.6) is 0 Å². The summed E-state index contributed by atoms with van der Waals surface area (Å²) in [5.41, 5.74) is 13.1. The second-order valence-corrected chi connectivity index (χ2v) is 4.42. The predicted octanol–water partition coefficient (Wildman–Crippen LogP) is 1.91. The van der Waals surface area contributed by atoms with E-state index in [1.165, 1.54) is 24.3 Å². The lowest BCUT2D eigenvalue weighted by Gasteiger charge is -2.08. The molecule has 0 aliphatic rings. The standard InChI is InChI=1S/C15H14N2O4/c16-11-5-6-12(13(17)7-11)15(20)21-8-9-1-3-10(4-2-9)14(18)19/h1-7H,8,16-17H2,(H,18,19). The fourth-order valence-corrected chi connectivity index (χ4v) is 1.74. The normalized spacial score (nSPS) is 10.1. The van der Waals surface area contributed by atoms with Crippen molar-refractivity contribution in [3.8, 4) is 0 Å². The third-order valence-corrected chi connectivity index (χ3v) is 2.87. The molecule has 0 aliphatic carbocycles. The Balaban J connectivity index is 2.02. The van der Waals surface area contributed by atoms with E-state index in [0.717, 1.165) is 0 Å². The minimum atomic E-state index is -1.01. The molecular formula is C15H14N2O4. The Labute approximate surface area is 120 Å². The molecule has 0 aromatic heterocycles. The Morgan fingerprint density at radius 2 is 1.71 bits per heavy atom. The molecule has 0 aliphatic heterocycles. The molecule has 0 saturated carbocycles. The van der Waals surface area contributed by atoms with Crippen LogP contribution in [0, 0.1) is 0 Å². The van der Waals surface area contributed by atoms with Crippen LogP contribution in [0.2, 0.25) is 0 Å². The number of carboxylic acids is 1. The van der Waals surface area contributed by atoms with Crippen molar-refractivity contribution in [3.63, 3.8) is 0 Å². The molecule has 0 spiro atoms. The van der Waals surface area contributed by atoms with Gasteiger partial charge in [0, 0.05) is 11.4 Å². The molecule has 108 valence electrons. The number of ether oxygens (including phenoxy) is 1. The van der Waals surface area contributed by atoms with E-state index in [-0.39, 0.29) is 23.4 Å². The van der Waals surface area contributed by atoms with E-state index < -0.39 is 11.9 Å². The van der Waals surface area contributed by atoms with Crippen molar-refractivity contribution in [1.82, 2.24) is 0 Å². The number of carbonyl (C=O) groups excluding carboxylic acids is 1. The first-order chi connectivity index (χ1) is 9.97. The number of carboxylic acid groups (broad SMARTS) is 1. The van der Waals surface area contributed by atoms with Crippen molar-refractivity contribution in [2.75, 3.05) is 11.5 Å². The zero-order chi connectivity index (χ0) is 15.4. The molecule has 2 aromatic carbocycles. The van der Waals surface area contributed by atoms with E-state index in [0.29, 0.717) is 11.3 Å². The summed E-state index contributed by atoms with van der Waals surface area (Å²) in [4.78, 5) is 22.6. The van der Waals surface area contributed by atoms with Crippen LogP contribution >= 0.6 is 0 Å². The number of hydrogen-bond donors (Lipinski definition) is 3. The van der Waals surface area contributed by atoms with Crippen LogP contribution in [-0.4, -0.2) is 17.0 Å². The van der Waals surface area contributed by atoms with Crippen molar-refractivity contribution in [2.24, 2.45) is 0 Å². The smallest absolute Gasteiger partial charge is 0.340 e. The molecule has 2 aromatic rings. The fourth-order valence-electron chi connectivity index (χ4n) is 1.74. The van der Waals surface area contributed by atoms with Crippen LogP contribution in [0.3, 0.4) is 0 Å². The molecule has 6 heteroatoms. The Morgan fingerprint density at radius 1 is 1.05 bits per heavy atom. The Hall–Kier alpha value is -3.02. The summed E-state index contributed by atoms with van der Waals surface area (Å²) in [5, 5.41) is 8.79. The molecule has 5 N–H and O–H groups in total. The molecule has 2 rings (SSSR count). The summed E-state index contributed by atoms with van der Waals surface area (Å²) in [6.45, 7) is 0.0303. The zero-order valence-electron chi connectivity index (χ0n) is 11.1. The maximum atomic E-state index is 11.9. The first kappa shape index (κ1) is 14.4. The van der Waals surface area contributed by atoms with Crippen LogP contribution in [0.4, 0.5) is 11.4 Å². The number of benzene rings is 2. The SMILES string of the molecule is Nc1ccc(C(=O)OCc2ccc(C(=O)O)cc2)c(N)c1. The largest absolute Gasteiger partial charge is 0.478 e. The number of aromatic carboxylic acids is 1. The van der Waals surface area contributed by atoms with Crippen molar-refractivity contribution in [2.45, 2.75) is 6.61 Å². The molecular weight excluding hydrogens is 272 g/mol. The average Bonchev–Trinajstić information content (AvgIpc) is 2.45. The van der Waals surface area contributed by atoms with Crippen molar-refractivity contribution >= 4 is 23.3 Å². The lowest BCUT2D eigenvalue weighted by molar-refractivity contribution is 0.0473. The fraction of sp³-hybridized carbons (Fsp3) is 0.0667. The first-order valence-electron chi connectivity index (χ1n) is 6.11. The molecule has 0 saturated heterocycles. The van der Waals surface area contributed by atoms with Crippen molar-refractivity contribution in [1.29, 1.82) is 0 Å². The van der Waals surface area contributed by atoms with Gasteiger partial charge in [-0.05, 0) is 35.9 Å². The van der Waals surface area contributed by atoms with Gasteiger partial charge in [0.05, 0.1) is 11.1 Å². The van der Waals surface area contributed by atoms with Crippen LogP contribution in [-0.2, 0) is 11.3 Å². The zero-order valence-corrected chi connectivity index (χ0v) is 11.1. The highest BCUT2D eigenvalue weighted by Crippen LogP contribution is 2.17. The summed E-state index contributed by atoms with van der Waals surface area (Å²) in [7, 11) is 0. The maximum Gasteiger partial charge on any atom is 0.340 e. The van der Waals surface area contributed by atoms with E-state index in [1.807, 2.05) is 0 Å². The van der Waals surface area contributed by atoms with Gasteiger partial charge >= 0.3 is 11.9 Å². The van der Waals surface area contributed by atoms with Crippen LogP contribution in [0.1, 0.15) is 26.3 Å². The first-order valence-corrected chi connectivity index (χ1v) is 6.11. The molecule has 0 bridgehead atoms. The highest BCUT2D eigenvalue weighted by Gasteiger charge is 2.11. The lowest BCUT2D eigenvalue weighted by Crippen LogP contribution is -2.08. The van der Waals surface area contributed by atoms with Crippen molar-refractivity contribution in [3.05, 3.63) is 59.2 Å². The van der Waals surface area contributed by atoms with Gasteiger partial charge in [0.2, 0.25) is 0 Å². The molecule has 6 nitrogen and oxygen atoms in total. The predicted molar refractivity (Wildman–Crippen MR) is 77.8 cm³/mol. The topological polar surface area (TPSA) is 116 Å². The van der Waals surface area contributed by atoms with E-state index in [2.05, 4.69) is 0 Å². The van der Waals surface area contributed by atoms with Crippen LogP contribution in [0.25, 0.3) is 0 Å². The van der Waals surface area contributed by atoms with Gasteiger partial charge in [0.25, 0.3) is 0 Å². The highest BCUT2D eigenvalue weighted by molar-refractivity contribution is 5.95. The summed E-state index contributed by atoms with van der Waals surface area (Å²) < 4.78 is 5.13. The van der Waals surface area contributed by atoms with Crippen LogP contribution in [0.15, 0.2) is 42.5 Å². The number of anilines is 2. The quantitative estimate of drug-likeness (QED) is 0.584. The minimum absolute atomic E-state index is 0.0303. The summed E-state index contributed by atoms with van der Waals surface area (Å²) >= 11 is 0. The van der Waals surface area contributed by atoms with Gasteiger partial charge in [-0.25, -0.2) is 9.59 Å². The lowest BCUT2D eigenvalue weighted by atomic mass is 10.1. The number of nitrogens with two attached hydrogens (primary N) is 2. The van der Waals surface area contributed by atoms with E-state index in [4.69, 9.17) is 21.3 Å². The number of hydrogen-bond acceptors (Lipinski definition) is 5. The Kier molecular flexibility index (Phi) is 4.08. The van der Waals surface area contributed by atoms with E-state index >= 15 is 0 Å². The summed E-state index contributed by atoms with van der Waals surface area (Å²) in [5.74, 6) is -1.57. The molecule has 21 heavy (non-hydrogen) atoms. The second-order valence-electron chi connectivity index (χ2n) is 4.42. The molecule has 0 unspecified atom stereocenters. The van der Waals surface area contributed by atoms with Gasteiger partial charge in [0.1, 0.15) is 6.61 Å². The summed E-state index contributed by atoms with van der Waals surface area (Å²) in [6.07, 6.45) is 0. The third kappa shape index (κ3) is 3.50. The Morgan fingerprint density at radius 3 is 2.29 bits per heavy atom. The number of carbonyl (C=O) groups is 2. The minimum Gasteiger partial charge on any atom is -0.478 e. The summed E-state index contributed by atoms with van der Waals surface area (Å²) in [6, 6.07) is 10.6. The van der Waals surface area contributed by atoms with Crippen LogP contribution < -0.4 is 11.5 Å². The van der Waals surface area contributed by atoms with Gasteiger partial charge in [-0.2, -0.15) is 0 Å². The van der Waals surface area contributed by atoms with Gasteiger partial charge in [-0.15, -0.1) is 0 Å². The van der Waals surface area contributed by atoms with Gasteiger partial charge in [0.15, 0.2) is 0 Å². The number of esters is 1. The second kappa shape index (κ2) is 5.96. The number of rotatable bonds is 4. The molecule has 0 heterocycles. The van der Waals surface area contributed by atoms with Gasteiger partial charge in [-0.3, -0.25) is 0 Å². The molecule has 0 fully saturated rings. The third-order valence-electron chi connectivity index (χ3n) is 2.87. The Bertz CT molecular complexity index is 681. The highest BCUT2D eigenvalue weighted by atomic mass is 16.5.